The number of anilines is 3. The van der Waals surface area contributed by atoms with Gasteiger partial charge in [0.05, 0.1) is 47.3 Å². The third-order valence-electron chi connectivity index (χ3n) is 12.4. The van der Waals surface area contributed by atoms with Gasteiger partial charge in [-0.2, -0.15) is 15.3 Å². The van der Waals surface area contributed by atoms with Crippen LogP contribution in [0.25, 0.3) is 16.6 Å². The number of halogens is 3. The predicted octanol–water partition coefficient (Wildman–Crippen LogP) is 3.95. The molecule has 3 amide bonds. The number of piperidine rings is 2. The minimum atomic E-state index is -2.90. The molecule has 4 N–H and O–H groups in total. The first kappa shape index (κ1) is 38.9. The Bertz CT molecular complexity index is 2370. The van der Waals surface area contributed by atoms with Gasteiger partial charge in [-0.3, -0.25) is 34.0 Å². The lowest BCUT2D eigenvalue weighted by Gasteiger charge is -2.39. The number of hydrogen-bond donors (Lipinski definition) is 3. The molecule has 1 saturated carbocycles. The fourth-order valence-electron chi connectivity index (χ4n) is 9.44. The van der Waals surface area contributed by atoms with E-state index in [1.54, 1.807) is 21.8 Å². The summed E-state index contributed by atoms with van der Waals surface area (Å²) in [6.07, 6.45) is 4.88. The molecule has 1 unspecified atom stereocenters. The Hall–Kier alpha value is -5.56. The molecule has 19 heteroatoms. The van der Waals surface area contributed by atoms with E-state index in [1.807, 2.05) is 23.9 Å². The van der Waals surface area contributed by atoms with Crippen LogP contribution in [-0.4, -0.2) is 115 Å². The molecule has 3 saturated heterocycles. The van der Waals surface area contributed by atoms with Gasteiger partial charge in [0.25, 0.3) is 12.3 Å². The van der Waals surface area contributed by atoms with Crippen LogP contribution in [-0.2, 0) is 16.6 Å². The van der Waals surface area contributed by atoms with Crippen LogP contribution in [0.1, 0.15) is 85.1 Å². The molecule has 1 aliphatic carbocycles. The van der Waals surface area contributed by atoms with E-state index in [-0.39, 0.29) is 53.8 Å². The number of hydrogen-bond acceptors (Lipinski definition) is 11. The minimum absolute atomic E-state index is 0.0585. The van der Waals surface area contributed by atoms with Crippen molar-refractivity contribution in [3.8, 4) is 0 Å². The summed E-state index contributed by atoms with van der Waals surface area (Å²) in [5, 5.41) is 19.3. The smallest absolute Gasteiger partial charge is 0.284 e. The van der Waals surface area contributed by atoms with Gasteiger partial charge in [0.15, 0.2) is 11.3 Å². The maximum Gasteiger partial charge on any atom is 0.284 e. The highest BCUT2D eigenvalue weighted by atomic mass is 19.3. The average molecular weight is 816 g/mol. The SMILES string of the molecule is Cn1nc(C2CCC(=O)NC2=O)c2cccc(N3CCN(CC4CCC(n5cc(NC(=O)c6cnn7ccc(N8C[C@H](N)C[C@@H](F)C8)nc67)c(C(F)F)n5)CC4)CC3)c21. The molecule has 4 fully saturated rings. The van der Waals surface area contributed by atoms with Crippen LogP contribution in [0.4, 0.5) is 30.4 Å². The summed E-state index contributed by atoms with van der Waals surface area (Å²) >= 11 is 0. The number of carbonyl (C=O) groups excluding carboxylic acids is 3. The molecule has 3 aliphatic heterocycles. The maximum atomic E-state index is 14.3. The molecule has 0 bridgehead atoms. The Kier molecular flexibility index (Phi) is 10.5. The fourth-order valence-corrected chi connectivity index (χ4v) is 9.44. The molecular weight excluding hydrogens is 768 g/mol. The molecule has 4 aliphatic rings. The number of alkyl halides is 3. The quantitative estimate of drug-likeness (QED) is 0.184. The molecule has 3 atom stereocenters. The Morgan fingerprint density at radius 3 is 2.56 bits per heavy atom. The molecule has 1 aromatic carbocycles. The largest absolute Gasteiger partial charge is 0.367 e. The van der Waals surface area contributed by atoms with Gasteiger partial charge in [0.1, 0.15) is 17.6 Å². The Morgan fingerprint density at radius 2 is 1.81 bits per heavy atom. The lowest BCUT2D eigenvalue weighted by atomic mass is 9.85. The summed E-state index contributed by atoms with van der Waals surface area (Å²) in [5.41, 5.74) is 8.55. The second-order valence-electron chi connectivity index (χ2n) is 16.4. The monoisotopic (exact) mass is 815 g/mol. The van der Waals surface area contributed by atoms with Crippen LogP contribution in [0.5, 0.6) is 0 Å². The molecule has 9 rings (SSSR count). The Balaban J connectivity index is 0.805. The highest BCUT2D eigenvalue weighted by Gasteiger charge is 2.34. The van der Waals surface area contributed by atoms with Crippen molar-refractivity contribution in [2.75, 3.05) is 60.9 Å². The van der Waals surface area contributed by atoms with Gasteiger partial charge < -0.3 is 20.9 Å². The van der Waals surface area contributed by atoms with Crippen molar-refractivity contribution in [3.63, 3.8) is 0 Å². The van der Waals surface area contributed by atoms with Gasteiger partial charge in [-0.05, 0) is 56.6 Å². The van der Waals surface area contributed by atoms with E-state index in [4.69, 9.17) is 10.8 Å². The van der Waals surface area contributed by atoms with Gasteiger partial charge in [-0.15, -0.1) is 0 Å². The number of piperazine rings is 1. The number of aromatic nitrogens is 7. The zero-order valence-corrected chi connectivity index (χ0v) is 32.8. The van der Waals surface area contributed by atoms with Gasteiger partial charge in [-0.25, -0.2) is 22.7 Å². The molecule has 4 aromatic heterocycles. The number of nitrogens with two attached hydrogens (primary N) is 1. The number of nitrogens with one attached hydrogen (secondary N) is 2. The highest BCUT2D eigenvalue weighted by Crippen LogP contribution is 2.37. The van der Waals surface area contributed by atoms with Crippen molar-refractivity contribution in [3.05, 3.63) is 59.8 Å². The summed E-state index contributed by atoms with van der Waals surface area (Å²) in [6.45, 7) is 4.96. The number of fused-ring (bicyclic) bond motifs is 2. The summed E-state index contributed by atoms with van der Waals surface area (Å²) in [7, 11) is 1.90. The second kappa shape index (κ2) is 15.9. The third-order valence-corrected chi connectivity index (χ3v) is 12.4. The van der Waals surface area contributed by atoms with E-state index in [1.165, 1.54) is 16.9 Å². The van der Waals surface area contributed by atoms with Crippen LogP contribution in [0.2, 0.25) is 0 Å². The molecule has 0 radical (unpaired) electrons. The van der Waals surface area contributed by atoms with Crippen LogP contribution < -0.4 is 26.2 Å². The zero-order valence-electron chi connectivity index (χ0n) is 32.8. The summed E-state index contributed by atoms with van der Waals surface area (Å²) in [5.74, 6) is -0.732. The maximum absolute atomic E-state index is 14.3. The fraction of sp³-hybridized carbons (Fsp3) is 0.525. The van der Waals surface area contributed by atoms with Crippen molar-refractivity contribution in [2.45, 2.75) is 75.5 Å². The zero-order chi connectivity index (χ0) is 40.9. The molecule has 16 nitrogen and oxygen atoms in total. The summed E-state index contributed by atoms with van der Waals surface area (Å²) < 4.78 is 47.7. The number of carbonyl (C=O) groups is 3. The lowest BCUT2D eigenvalue weighted by Crippen LogP contribution is -2.48. The number of rotatable bonds is 9. The number of benzene rings is 1. The van der Waals surface area contributed by atoms with Crippen LogP contribution in [0.3, 0.4) is 0 Å². The van der Waals surface area contributed by atoms with Crippen LogP contribution in [0, 0.1) is 5.92 Å². The topological polar surface area (TPSA) is 177 Å². The van der Waals surface area contributed by atoms with Gasteiger partial charge >= 0.3 is 0 Å². The van der Waals surface area contributed by atoms with Crippen molar-refractivity contribution in [1.29, 1.82) is 0 Å². The van der Waals surface area contributed by atoms with E-state index in [0.717, 1.165) is 75.0 Å². The van der Waals surface area contributed by atoms with Gasteiger partial charge in [0.2, 0.25) is 11.8 Å². The van der Waals surface area contributed by atoms with E-state index < -0.39 is 30.1 Å². The molecule has 5 aromatic rings. The molecule has 59 heavy (non-hydrogen) atoms. The van der Waals surface area contributed by atoms with Crippen molar-refractivity contribution in [1.82, 2.24) is 44.4 Å². The first-order valence-corrected chi connectivity index (χ1v) is 20.4. The lowest BCUT2D eigenvalue weighted by molar-refractivity contribution is -0.134. The summed E-state index contributed by atoms with van der Waals surface area (Å²) in [6, 6.07) is 7.36. The van der Waals surface area contributed by atoms with E-state index in [0.29, 0.717) is 36.8 Å². The first-order valence-electron chi connectivity index (χ1n) is 20.4. The van der Waals surface area contributed by atoms with Crippen molar-refractivity contribution in [2.24, 2.45) is 18.7 Å². The average Bonchev–Trinajstić information content (AvgIpc) is 3.93. The molecule has 7 heterocycles. The number of imide groups is 1. The van der Waals surface area contributed by atoms with Gasteiger partial charge in [0, 0.05) is 76.6 Å². The molecule has 0 spiro atoms. The normalized spacial score (nSPS) is 24.7. The first-order chi connectivity index (χ1) is 28.5. The van der Waals surface area contributed by atoms with Gasteiger partial charge in [-0.1, -0.05) is 12.1 Å². The van der Waals surface area contributed by atoms with Crippen LogP contribution >= 0.6 is 0 Å². The molecule has 312 valence electrons. The van der Waals surface area contributed by atoms with E-state index in [9.17, 15) is 27.6 Å². The minimum Gasteiger partial charge on any atom is -0.367 e. The molecular formula is C40H48F3N13O3. The van der Waals surface area contributed by atoms with Crippen molar-refractivity contribution < 1.29 is 27.6 Å². The Labute approximate surface area is 337 Å². The number of amides is 3. The number of aryl methyl sites for hydroxylation is 1. The van der Waals surface area contributed by atoms with Crippen LogP contribution in [0.15, 0.2) is 42.9 Å². The second-order valence-corrected chi connectivity index (χ2v) is 16.4. The Morgan fingerprint density at radius 1 is 1.02 bits per heavy atom. The predicted molar refractivity (Wildman–Crippen MR) is 213 cm³/mol. The standard InChI is InChI=1S/C40H48F3N13O3/c1-51-36-27(34(49-51)28-9-10-33(57)48-39(28)58)3-2-4-31(36)53-15-13-52(14-16-53)19-23-5-7-26(8-6-23)56-22-30(35(50-56)37(42)43)46-40(59)29-18-45-55-12-11-32(47-38(29)55)54-20-24(41)17-25(44)21-54/h2-4,11-12,18,22-26,28,37H,5-10,13-17,19-21,44H2,1H3,(H,46,59)(H,48,57,58)/t23?,24-,25-,26?,28?/m1/s1. The third kappa shape index (κ3) is 7.72. The van der Waals surface area contributed by atoms with E-state index in [2.05, 4.69) is 41.7 Å². The summed E-state index contributed by atoms with van der Waals surface area (Å²) in [4.78, 5) is 49.1. The highest BCUT2D eigenvalue weighted by molar-refractivity contribution is 6.08. The van der Waals surface area contributed by atoms with E-state index >= 15 is 0 Å². The number of nitrogens with zero attached hydrogens (tertiary/aromatic N) is 10. The van der Waals surface area contributed by atoms with Crippen molar-refractivity contribution >= 4 is 51.5 Å². The number of para-hydroxylation sites is 1.